The number of nitrogens with one attached hydrogen (secondary N) is 1. The number of hydrogen-bond acceptors (Lipinski definition) is 4. The van der Waals surface area contributed by atoms with Crippen LogP contribution in [0.5, 0.6) is 5.75 Å². The quantitative estimate of drug-likeness (QED) is 0.864. The summed E-state index contributed by atoms with van der Waals surface area (Å²) in [4.78, 5) is 26.5. The molecule has 0 radical (unpaired) electrons. The van der Waals surface area contributed by atoms with Gasteiger partial charge in [0.1, 0.15) is 11.8 Å². The molecule has 3 N–H and O–H groups in total. The van der Waals surface area contributed by atoms with Crippen molar-refractivity contribution in [2.75, 3.05) is 19.0 Å². The van der Waals surface area contributed by atoms with Gasteiger partial charge in [-0.3, -0.25) is 9.59 Å². The van der Waals surface area contributed by atoms with Crippen molar-refractivity contribution in [2.45, 2.75) is 45.2 Å². The summed E-state index contributed by atoms with van der Waals surface area (Å²) in [5, 5.41) is 2.89. The molecule has 2 rings (SSSR count). The lowest BCUT2D eigenvalue weighted by molar-refractivity contribution is -0.136. The number of carbonyl (C=O) groups is 2. The topological polar surface area (TPSA) is 84.7 Å². The number of nitrogens with two attached hydrogens (primary N) is 1. The third-order valence-corrected chi connectivity index (χ3v) is 3.99. The van der Waals surface area contributed by atoms with E-state index in [9.17, 15) is 9.59 Å². The first kappa shape index (κ1) is 17.3. The lowest BCUT2D eigenvalue weighted by Crippen LogP contribution is -2.44. The van der Waals surface area contributed by atoms with Gasteiger partial charge in [-0.05, 0) is 44.4 Å². The molecule has 1 saturated heterocycles. The summed E-state index contributed by atoms with van der Waals surface area (Å²) >= 11 is 0. The molecule has 2 atom stereocenters. The summed E-state index contributed by atoms with van der Waals surface area (Å²) < 4.78 is 5.28. The summed E-state index contributed by atoms with van der Waals surface area (Å²) in [5.74, 6) is 0.369. The van der Waals surface area contributed by atoms with Crippen LogP contribution in [0.3, 0.4) is 0 Å². The zero-order valence-electron chi connectivity index (χ0n) is 14.0. The maximum Gasteiger partial charge on any atom is 0.247 e. The normalized spacial score (nSPS) is 18.6. The molecule has 2 amide bonds. The van der Waals surface area contributed by atoms with Crippen molar-refractivity contribution in [1.29, 1.82) is 0 Å². The third-order valence-electron chi connectivity index (χ3n) is 3.99. The molecule has 0 aliphatic carbocycles. The number of nitrogens with zero attached hydrogens (tertiary/aromatic N) is 1. The van der Waals surface area contributed by atoms with Crippen LogP contribution >= 0.6 is 0 Å². The molecule has 0 spiro atoms. The van der Waals surface area contributed by atoms with Crippen molar-refractivity contribution in [2.24, 2.45) is 5.73 Å². The number of benzene rings is 1. The van der Waals surface area contributed by atoms with Gasteiger partial charge in [-0.15, -0.1) is 0 Å². The van der Waals surface area contributed by atoms with Crippen molar-refractivity contribution in [3.8, 4) is 5.75 Å². The Hall–Kier alpha value is -2.08. The molecule has 23 heavy (non-hydrogen) atoms. The van der Waals surface area contributed by atoms with Crippen LogP contribution in [-0.4, -0.2) is 42.5 Å². The molecule has 1 aliphatic heterocycles. The Bertz CT molecular complexity index is 586. The fourth-order valence-electron chi connectivity index (χ4n) is 2.87. The van der Waals surface area contributed by atoms with Crippen LogP contribution in [0.1, 0.15) is 31.7 Å². The monoisotopic (exact) mass is 319 g/mol. The zero-order chi connectivity index (χ0) is 17.0. The van der Waals surface area contributed by atoms with E-state index in [1.54, 1.807) is 18.9 Å². The molecule has 2 unspecified atom stereocenters. The number of carbonyl (C=O) groups excluding carboxylic acids is 2. The summed E-state index contributed by atoms with van der Waals surface area (Å²) in [6.45, 7) is 4.35. The zero-order valence-corrected chi connectivity index (χ0v) is 14.0. The minimum absolute atomic E-state index is 0.0612. The van der Waals surface area contributed by atoms with Crippen LogP contribution in [0.15, 0.2) is 18.2 Å². The van der Waals surface area contributed by atoms with Crippen molar-refractivity contribution in [3.63, 3.8) is 0 Å². The molecule has 1 aromatic rings. The van der Waals surface area contributed by atoms with Gasteiger partial charge in [-0.2, -0.15) is 0 Å². The Morgan fingerprint density at radius 3 is 2.87 bits per heavy atom. The van der Waals surface area contributed by atoms with E-state index in [2.05, 4.69) is 5.32 Å². The van der Waals surface area contributed by atoms with E-state index in [1.807, 2.05) is 25.1 Å². The van der Waals surface area contributed by atoms with E-state index >= 15 is 0 Å². The smallest absolute Gasteiger partial charge is 0.247 e. The van der Waals surface area contributed by atoms with Crippen LogP contribution in [0, 0.1) is 6.92 Å². The second-order valence-electron chi connectivity index (χ2n) is 6.12. The number of methoxy groups -OCH3 is 1. The molecule has 0 bridgehead atoms. The number of hydrogen-bond donors (Lipinski definition) is 2. The highest BCUT2D eigenvalue weighted by atomic mass is 16.5. The molecule has 6 nitrogen and oxygen atoms in total. The van der Waals surface area contributed by atoms with E-state index < -0.39 is 6.04 Å². The lowest BCUT2D eigenvalue weighted by Gasteiger charge is -2.25. The number of amides is 2. The van der Waals surface area contributed by atoms with Crippen molar-refractivity contribution >= 4 is 17.5 Å². The first-order valence-corrected chi connectivity index (χ1v) is 7.93. The molecular weight excluding hydrogens is 294 g/mol. The Balaban J connectivity index is 2.10. The van der Waals surface area contributed by atoms with E-state index in [0.717, 1.165) is 12.0 Å². The van der Waals surface area contributed by atoms with Crippen molar-refractivity contribution < 1.29 is 14.3 Å². The van der Waals surface area contributed by atoms with E-state index in [4.69, 9.17) is 10.5 Å². The largest absolute Gasteiger partial charge is 0.495 e. The van der Waals surface area contributed by atoms with Gasteiger partial charge in [0.15, 0.2) is 0 Å². The van der Waals surface area contributed by atoms with Crippen LogP contribution in [0.2, 0.25) is 0 Å². The minimum Gasteiger partial charge on any atom is -0.495 e. The molecular formula is C17H25N3O3. The number of aryl methyl sites for hydroxylation is 1. The molecule has 126 valence electrons. The average molecular weight is 319 g/mol. The Morgan fingerprint density at radius 2 is 2.22 bits per heavy atom. The van der Waals surface area contributed by atoms with Gasteiger partial charge in [0.2, 0.25) is 11.8 Å². The molecule has 1 fully saturated rings. The number of rotatable bonds is 5. The highest BCUT2D eigenvalue weighted by Crippen LogP contribution is 2.27. The molecule has 0 saturated carbocycles. The van der Waals surface area contributed by atoms with Gasteiger partial charge < -0.3 is 20.7 Å². The highest BCUT2D eigenvalue weighted by Gasteiger charge is 2.34. The van der Waals surface area contributed by atoms with Crippen LogP contribution in [0.25, 0.3) is 0 Å². The van der Waals surface area contributed by atoms with Gasteiger partial charge >= 0.3 is 0 Å². The molecule has 0 aromatic heterocycles. The van der Waals surface area contributed by atoms with Crippen molar-refractivity contribution in [1.82, 2.24) is 4.90 Å². The maximum absolute atomic E-state index is 12.6. The lowest BCUT2D eigenvalue weighted by atomic mass is 10.1. The number of anilines is 1. The third kappa shape index (κ3) is 4.22. The summed E-state index contributed by atoms with van der Waals surface area (Å²) in [6.07, 6.45) is 1.76. The van der Waals surface area contributed by atoms with E-state index in [-0.39, 0.29) is 24.3 Å². The van der Waals surface area contributed by atoms with E-state index in [0.29, 0.717) is 24.4 Å². The standard InChI is InChI=1S/C17H25N3O3/c1-11-6-7-15(23-3)13(9-11)19-17(22)14-5-4-8-20(14)16(21)10-12(2)18/h6-7,9,12,14H,4-5,8,10,18H2,1-3H3,(H,19,22). The fourth-order valence-corrected chi connectivity index (χ4v) is 2.87. The number of ether oxygens (including phenoxy) is 1. The van der Waals surface area contributed by atoms with E-state index in [1.165, 1.54) is 0 Å². The predicted molar refractivity (Wildman–Crippen MR) is 89.4 cm³/mol. The predicted octanol–water partition coefficient (Wildman–Crippen LogP) is 1.67. The molecule has 6 heteroatoms. The molecule has 1 heterocycles. The summed E-state index contributed by atoms with van der Waals surface area (Å²) in [5.41, 5.74) is 7.35. The Morgan fingerprint density at radius 1 is 1.48 bits per heavy atom. The molecule has 1 aromatic carbocycles. The van der Waals surface area contributed by atoms with Crippen molar-refractivity contribution in [3.05, 3.63) is 23.8 Å². The van der Waals surface area contributed by atoms with Gasteiger partial charge in [0.05, 0.1) is 12.8 Å². The first-order chi connectivity index (χ1) is 10.9. The van der Waals surface area contributed by atoms with Gasteiger partial charge in [0.25, 0.3) is 0 Å². The van der Waals surface area contributed by atoms with Crippen LogP contribution in [0.4, 0.5) is 5.69 Å². The summed E-state index contributed by atoms with van der Waals surface area (Å²) in [6, 6.07) is 4.95. The SMILES string of the molecule is COc1ccc(C)cc1NC(=O)C1CCCN1C(=O)CC(C)N. The summed E-state index contributed by atoms with van der Waals surface area (Å²) in [7, 11) is 1.56. The van der Waals surface area contributed by atoms with Gasteiger partial charge in [-0.1, -0.05) is 6.07 Å². The minimum atomic E-state index is -0.438. The van der Waals surface area contributed by atoms with Crippen LogP contribution in [-0.2, 0) is 9.59 Å². The Labute approximate surface area is 137 Å². The second-order valence-corrected chi connectivity index (χ2v) is 6.12. The second kappa shape index (κ2) is 7.46. The highest BCUT2D eigenvalue weighted by molar-refractivity contribution is 5.98. The maximum atomic E-state index is 12.6. The average Bonchev–Trinajstić information content (AvgIpc) is 2.96. The molecule has 1 aliphatic rings. The number of likely N-dealkylation sites (tertiary alicyclic amines) is 1. The Kier molecular flexibility index (Phi) is 5.60. The van der Waals surface area contributed by atoms with Gasteiger partial charge in [0, 0.05) is 19.0 Å². The first-order valence-electron chi connectivity index (χ1n) is 7.93. The van der Waals surface area contributed by atoms with Gasteiger partial charge in [-0.25, -0.2) is 0 Å². The fraction of sp³-hybridized carbons (Fsp3) is 0.529. The van der Waals surface area contributed by atoms with Crippen LogP contribution < -0.4 is 15.8 Å².